The highest BCUT2D eigenvalue weighted by molar-refractivity contribution is 5.95. The molecule has 6 N–H and O–H groups in total. The number of carbonyl (C=O) groups is 1. The van der Waals surface area contributed by atoms with E-state index in [4.69, 9.17) is 0 Å². The van der Waals surface area contributed by atoms with Crippen LogP contribution >= 0.6 is 0 Å². The number of hydrogen-bond donors (Lipinski definition) is 6. The third-order valence-corrected chi connectivity index (χ3v) is 3.09. The SMILES string of the molecule is CCNc1cc(O)cc(C(=O)NCc2c(O)cc(=O)[nH]c2O)c1. The summed E-state index contributed by atoms with van der Waals surface area (Å²) < 4.78 is 0. The van der Waals surface area contributed by atoms with Gasteiger partial charge in [-0.3, -0.25) is 14.6 Å². The Morgan fingerprint density at radius 1 is 1.17 bits per heavy atom. The van der Waals surface area contributed by atoms with Gasteiger partial charge in [-0.05, 0) is 19.1 Å². The molecule has 23 heavy (non-hydrogen) atoms. The molecule has 1 aromatic heterocycles. The molecule has 122 valence electrons. The minimum atomic E-state index is -0.654. The Morgan fingerprint density at radius 2 is 1.91 bits per heavy atom. The maximum absolute atomic E-state index is 12.1. The van der Waals surface area contributed by atoms with Crippen LogP contribution in [-0.2, 0) is 6.54 Å². The quantitative estimate of drug-likeness (QED) is 0.484. The van der Waals surface area contributed by atoms with Crippen LogP contribution in [0.2, 0.25) is 0 Å². The van der Waals surface area contributed by atoms with Crippen LogP contribution in [0.1, 0.15) is 22.8 Å². The molecule has 0 radical (unpaired) electrons. The molecule has 0 aliphatic heterocycles. The molecule has 0 aliphatic rings. The second-order valence-corrected chi connectivity index (χ2v) is 4.83. The summed E-state index contributed by atoms with van der Waals surface area (Å²) in [5.74, 6) is -1.51. The minimum Gasteiger partial charge on any atom is -0.508 e. The van der Waals surface area contributed by atoms with Gasteiger partial charge in [-0.25, -0.2) is 0 Å². The predicted octanol–water partition coefficient (Wildman–Crippen LogP) is 0.853. The van der Waals surface area contributed by atoms with E-state index in [-0.39, 0.29) is 23.4 Å². The van der Waals surface area contributed by atoms with Gasteiger partial charge >= 0.3 is 0 Å². The fourth-order valence-electron chi connectivity index (χ4n) is 2.05. The largest absolute Gasteiger partial charge is 0.508 e. The fourth-order valence-corrected chi connectivity index (χ4v) is 2.05. The van der Waals surface area contributed by atoms with E-state index in [1.165, 1.54) is 12.1 Å². The summed E-state index contributed by atoms with van der Waals surface area (Å²) in [4.78, 5) is 25.3. The molecule has 0 spiro atoms. The standard InChI is InChI=1S/C15H17N3O5/c1-2-16-9-3-8(4-10(19)5-9)14(22)17-7-11-12(20)6-13(21)18-15(11)23/h3-6,16,19H,2,7H2,1H3,(H,17,22)(H3,18,20,21,23). The Hall–Kier alpha value is -3.16. The molecule has 0 aliphatic carbocycles. The zero-order valence-corrected chi connectivity index (χ0v) is 12.4. The number of H-pyrrole nitrogens is 1. The minimum absolute atomic E-state index is 0.00925. The van der Waals surface area contributed by atoms with E-state index in [0.717, 1.165) is 6.07 Å². The van der Waals surface area contributed by atoms with Crippen molar-refractivity contribution in [3.05, 3.63) is 45.7 Å². The van der Waals surface area contributed by atoms with Gasteiger partial charge in [0.25, 0.3) is 11.5 Å². The van der Waals surface area contributed by atoms with Crippen LogP contribution < -0.4 is 16.2 Å². The number of aromatic amines is 1. The first-order valence-electron chi connectivity index (χ1n) is 6.91. The number of anilines is 1. The van der Waals surface area contributed by atoms with Crippen molar-refractivity contribution in [1.29, 1.82) is 0 Å². The highest BCUT2D eigenvalue weighted by Crippen LogP contribution is 2.23. The third kappa shape index (κ3) is 3.94. The monoisotopic (exact) mass is 319 g/mol. The predicted molar refractivity (Wildman–Crippen MR) is 83.8 cm³/mol. The molecule has 8 heteroatoms. The van der Waals surface area contributed by atoms with Gasteiger partial charge in [-0.2, -0.15) is 0 Å². The van der Waals surface area contributed by atoms with Crippen molar-refractivity contribution in [1.82, 2.24) is 10.3 Å². The summed E-state index contributed by atoms with van der Waals surface area (Å²) in [5.41, 5.74) is 0.139. The van der Waals surface area contributed by atoms with Gasteiger partial charge in [0, 0.05) is 29.9 Å². The Balaban J connectivity index is 2.16. The van der Waals surface area contributed by atoms with Crippen molar-refractivity contribution in [2.45, 2.75) is 13.5 Å². The van der Waals surface area contributed by atoms with E-state index in [1.54, 1.807) is 6.07 Å². The lowest BCUT2D eigenvalue weighted by Gasteiger charge is -2.10. The summed E-state index contributed by atoms with van der Waals surface area (Å²) in [6.45, 7) is 2.31. The maximum atomic E-state index is 12.1. The van der Waals surface area contributed by atoms with Crippen LogP contribution in [0, 0.1) is 0 Å². The molecular formula is C15H17N3O5. The van der Waals surface area contributed by atoms with Crippen LogP contribution in [0.15, 0.2) is 29.1 Å². The summed E-state index contributed by atoms with van der Waals surface area (Å²) in [6, 6.07) is 5.24. The second-order valence-electron chi connectivity index (χ2n) is 4.83. The first-order chi connectivity index (χ1) is 10.9. The molecule has 0 saturated carbocycles. The number of nitrogens with one attached hydrogen (secondary N) is 3. The van der Waals surface area contributed by atoms with Crippen molar-refractivity contribution >= 4 is 11.6 Å². The summed E-state index contributed by atoms with van der Waals surface area (Å²) in [6.07, 6.45) is 0. The Morgan fingerprint density at radius 3 is 2.57 bits per heavy atom. The van der Waals surface area contributed by atoms with Crippen molar-refractivity contribution in [2.75, 3.05) is 11.9 Å². The molecular weight excluding hydrogens is 302 g/mol. The second kappa shape index (κ2) is 6.73. The first-order valence-corrected chi connectivity index (χ1v) is 6.91. The molecule has 0 fully saturated rings. The van der Waals surface area contributed by atoms with Gasteiger partial charge in [-0.15, -0.1) is 0 Å². The summed E-state index contributed by atoms with van der Waals surface area (Å²) >= 11 is 0. The van der Waals surface area contributed by atoms with E-state index in [2.05, 4.69) is 15.6 Å². The fraction of sp³-hybridized carbons (Fsp3) is 0.200. The molecule has 1 aromatic carbocycles. The number of carbonyl (C=O) groups excluding carboxylic acids is 1. The topological polar surface area (TPSA) is 135 Å². The molecule has 8 nitrogen and oxygen atoms in total. The van der Waals surface area contributed by atoms with Crippen molar-refractivity contribution < 1.29 is 20.1 Å². The number of phenols is 1. The lowest BCUT2D eigenvalue weighted by Crippen LogP contribution is -2.23. The van der Waals surface area contributed by atoms with Crippen molar-refractivity contribution in [2.24, 2.45) is 0 Å². The molecule has 1 amide bonds. The summed E-state index contributed by atoms with van der Waals surface area (Å²) in [5, 5.41) is 34.3. The van der Waals surface area contributed by atoms with Gasteiger partial charge in [0.1, 0.15) is 11.5 Å². The normalized spacial score (nSPS) is 10.3. The third-order valence-electron chi connectivity index (χ3n) is 3.09. The van der Waals surface area contributed by atoms with E-state index in [9.17, 15) is 24.9 Å². The number of benzene rings is 1. The number of pyridine rings is 1. The molecule has 2 rings (SSSR count). The van der Waals surface area contributed by atoms with Crippen LogP contribution in [0.4, 0.5) is 5.69 Å². The van der Waals surface area contributed by atoms with Gasteiger partial charge in [0.05, 0.1) is 12.1 Å². The zero-order valence-electron chi connectivity index (χ0n) is 12.4. The Bertz CT molecular complexity index is 759. The number of aromatic hydroxyl groups is 3. The molecule has 1 heterocycles. The van der Waals surface area contributed by atoms with Crippen LogP contribution in [-0.4, -0.2) is 32.8 Å². The Kier molecular flexibility index (Phi) is 4.75. The van der Waals surface area contributed by atoms with E-state index in [0.29, 0.717) is 12.2 Å². The van der Waals surface area contributed by atoms with Gasteiger partial charge < -0.3 is 26.0 Å². The zero-order chi connectivity index (χ0) is 17.0. The number of amides is 1. The molecule has 0 bridgehead atoms. The number of hydrogen-bond acceptors (Lipinski definition) is 6. The molecule has 0 saturated heterocycles. The molecule has 0 atom stereocenters. The van der Waals surface area contributed by atoms with E-state index < -0.39 is 23.1 Å². The molecule has 0 unspecified atom stereocenters. The average molecular weight is 319 g/mol. The lowest BCUT2D eigenvalue weighted by molar-refractivity contribution is 0.0950. The number of rotatable bonds is 5. The maximum Gasteiger partial charge on any atom is 0.254 e. The number of phenolic OH excluding ortho intramolecular Hbond substituents is 1. The highest BCUT2D eigenvalue weighted by Gasteiger charge is 2.13. The van der Waals surface area contributed by atoms with Crippen molar-refractivity contribution in [3.63, 3.8) is 0 Å². The smallest absolute Gasteiger partial charge is 0.254 e. The van der Waals surface area contributed by atoms with Crippen molar-refractivity contribution in [3.8, 4) is 17.4 Å². The number of aromatic nitrogens is 1. The molecule has 2 aromatic rings. The highest BCUT2D eigenvalue weighted by atomic mass is 16.3. The Labute approximate surface area is 131 Å². The van der Waals surface area contributed by atoms with E-state index >= 15 is 0 Å². The van der Waals surface area contributed by atoms with Crippen LogP contribution in [0.3, 0.4) is 0 Å². The first kappa shape index (κ1) is 16.2. The van der Waals surface area contributed by atoms with Gasteiger partial charge in [-0.1, -0.05) is 0 Å². The van der Waals surface area contributed by atoms with E-state index in [1.807, 2.05) is 6.92 Å². The van der Waals surface area contributed by atoms with Gasteiger partial charge in [0.2, 0.25) is 0 Å². The lowest BCUT2D eigenvalue weighted by atomic mass is 10.1. The summed E-state index contributed by atoms with van der Waals surface area (Å²) in [7, 11) is 0. The van der Waals surface area contributed by atoms with Gasteiger partial charge in [0.15, 0.2) is 5.88 Å². The van der Waals surface area contributed by atoms with Crippen LogP contribution in [0.25, 0.3) is 0 Å². The van der Waals surface area contributed by atoms with Crippen LogP contribution in [0.5, 0.6) is 17.4 Å². The average Bonchev–Trinajstić information content (AvgIpc) is 2.45.